The number of aromatic nitrogens is 7. The first-order chi connectivity index (χ1) is 15.2. The summed E-state index contributed by atoms with van der Waals surface area (Å²) in [7, 11) is 4.00. The molecule has 0 spiro atoms. The zero-order chi connectivity index (χ0) is 20.9. The maximum absolute atomic E-state index is 4.57. The molecule has 0 aliphatic carbocycles. The van der Waals surface area contributed by atoms with Crippen molar-refractivity contribution in [2.24, 2.45) is 7.05 Å². The van der Waals surface area contributed by atoms with Crippen LogP contribution in [0.25, 0.3) is 33.4 Å². The Kier molecular flexibility index (Phi) is 4.24. The van der Waals surface area contributed by atoms with Gasteiger partial charge in [0.25, 0.3) is 0 Å². The van der Waals surface area contributed by atoms with E-state index < -0.39 is 0 Å². The third kappa shape index (κ3) is 3.16. The SMILES string of the molecule is CN(c1ccc(-c2ccc(-c3cn(C)nn3)c3cn[nH]c23)nn1)C1CC2CCC(C1)N2. The standard InChI is InChI=1S/C22H25N9/c1-30-12-20(26-29-30)16-5-6-17(22-18(16)11-23-28-22)19-7-8-21(27-25-19)31(2)15-9-13-3-4-14(10-15)24-13/h5-8,11-15,24H,3-4,9-10H2,1-2H3,(H,23,28). The second kappa shape index (κ2) is 7.12. The molecule has 31 heavy (non-hydrogen) atoms. The number of hydrogen-bond donors (Lipinski definition) is 2. The molecule has 0 radical (unpaired) electrons. The molecule has 2 unspecified atom stereocenters. The third-order valence-electron chi connectivity index (χ3n) is 6.78. The van der Waals surface area contributed by atoms with Gasteiger partial charge in [0.05, 0.1) is 23.6 Å². The fourth-order valence-electron chi connectivity index (χ4n) is 5.13. The topological polar surface area (TPSA) is 100 Å². The number of anilines is 1. The summed E-state index contributed by atoms with van der Waals surface area (Å²) in [6.07, 6.45) is 8.67. The van der Waals surface area contributed by atoms with Gasteiger partial charge in [-0.2, -0.15) is 5.10 Å². The van der Waals surface area contributed by atoms with Crippen LogP contribution in [-0.2, 0) is 7.05 Å². The molecule has 2 aliphatic rings. The fourth-order valence-corrected chi connectivity index (χ4v) is 5.13. The first kappa shape index (κ1) is 18.4. The molecule has 0 amide bonds. The van der Waals surface area contributed by atoms with Crippen LogP contribution in [0.2, 0.25) is 0 Å². The number of benzene rings is 1. The van der Waals surface area contributed by atoms with Crippen LogP contribution in [0.1, 0.15) is 25.7 Å². The Labute approximate surface area is 179 Å². The van der Waals surface area contributed by atoms with E-state index in [2.05, 4.69) is 54.0 Å². The van der Waals surface area contributed by atoms with E-state index in [1.54, 1.807) is 4.68 Å². The van der Waals surface area contributed by atoms with E-state index >= 15 is 0 Å². The number of rotatable bonds is 4. The Bertz CT molecular complexity index is 1210. The second-order valence-corrected chi connectivity index (χ2v) is 8.75. The predicted molar refractivity (Wildman–Crippen MR) is 118 cm³/mol. The smallest absolute Gasteiger partial charge is 0.151 e. The van der Waals surface area contributed by atoms with Crippen molar-refractivity contribution in [2.75, 3.05) is 11.9 Å². The van der Waals surface area contributed by atoms with Gasteiger partial charge in [0.2, 0.25) is 0 Å². The molecule has 9 nitrogen and oxygen atoms in total. The highest BCUT2D eigenvalue weighted by Gasteiger charge is 2.35. The number of fused-ring (bicyclic) bond motifs is 3. The Morgan fingerprint density at radius 3 is 2.48 bits per heavy atom. The molecule has 3 aromatic heterocycles. The van der Waals surface area contributed by atoms with Crippen LogP contribution >= 0.6 is 0 Å². The molecule has 2 N–H and O–H groups in total. The number of hydrogen-bond acceptors (Lipinski definition) is 7. The Balaban J connectivity index is 1.30. The van der Waals surface area contributed by atoms with Gasteiger partial charge in [-0.25, -0.2) is 0 Å². The average molecular weight is 416 g/mol. The van der Waals surface area contributed by atoms with Gasteiger partial charge in [0, 0.05) is 48.7 Å². The van der Waals surface area contributed by atoms with Crippen LogP contribution in [0, 0.1) is 0 Å². The van der Waals surface area contributed by atoms with Gasteiger partial charge >= 0.3 is 0 Å². The molecule has 2 fully saturated rings. The lowest BCUT2D eigenvalue weighted by atomic mass is 9.98. The number of H-pyrrole nitrogens is 1. The van der Waals surface area contributed by atoms with Gasteiger partial charge in [-0.1, -0.05) is 11.3 Å². The normalized spacial score (nSPS) is 22.8. The van der Waals surface area contributed by atoms with Crippen molar-refractivity contribution in [1.82, 2.24) is 40.7 Å². The van der Waals surface area contributed by atoms with Gasteiger partial charge in [-0.3, -0.25) is 9.78 Å². The zero-order valence-corrected chi connectivity index (χ0v) is 17.7. The molecule has 1 aromatic carbocycles. The molecule has 2 bridgehead atoms. The molecule has 158 valence electrons. The minimum absolute atomic E-state index is 0.518. The third-order valence-corrected chi connectivity index (χ3v) is 6.78. The van der Waals surface area contributed by atoms with Crippen molar-refractivity contribution in [2.45, 2.75) is 43.8 Å². The Morgan fingerprint density at radius 1 is 0.968 bits per heavy atom. The fraction of sp³-hybridized carbons (Fsp3) is 0.409. The van der Waals surface area contributed by atoms with Crippen molar-refractivity contribution in [3.05, 3.63) is 36.7 Å². The lowest BCUT2D eigenvalue weighted by molar-refractivity contribution is 0.353. The van der Waals surface area contributed by atoms with E-state index in [0.29, 0.717) is 18.1 Å². The van der Waals surface area contributed by atoms with Crippen molar-refractivity contribution < 1.29 is 0 Å². The van der Waals surface area contributed by atoms with Gasteiger partial charge in [0.1, 0.15) is 5.69 Å². The highest BCUT2D eigenvalue weighted by molar-refractivity contribution is 6.01. The van der Waals surface area contributed by atoms with E-state index in [4.69, 9.17) is 0 Å². The second-order valence-electron chi connectivity index (χ2n) is 8.75. The van der Waals surface area contributed by atoms with E-state index in [1.165, 1.54) is 25.7 Å². The summed E-state index contributed by atoms with van der Waals surface area (Å²) in [5.74, 6) is 0.923. The molecule has 6 rings (SSSR count). The quantitative estimate of drug-likeness (QED) is 0.528. The Morgan fingerprint density at radius 2 is 1.77 bits per heavy atom. The molecule has 4 aromatic rings. The van der Waals surface area contributed by atoms with Crippen LogP contribution in [-0.4, -0.2) is 60.6 Å². The van der Waals surface area contributed by atoms with E-state index in [1.807, 2.05) is 37.6 Å². The number of aryl methyl sites for hydroxylation is 1. The van der Waals surface area contributed by atoms with Crippen molar-refractivity contribution in [1.29, 1.82) is 0 Å². The number of aromatic amines is 1. The zero-order valence-electron chi connectivity index (χ0n) is 17.7. The summed E-state index contributed by atoms with van der Waals surface area (Å²) in [5, 5.41) is 29.5. The summed E-state index contributed by atoms with van der Waals surface area (Å²) in [6, 6.07) is 10.0. The molecule has 5 heterocycles. The van der Waals surface area contributed by atoms with Crippen LogP contribution in [0.4, 0.5) is 5.82 Å². The molecule has 9 heteroatoms. The van der Waals surface area contributed by atoms with Gasteiger partial charge in [-0.05, 0) is 43.9 Å². The Hall–Kier alpha value is -3.33. The maximum atomic E-state index is 4.57. The molecule has 2 aliphatic heterocycles. The maximum Gasteiger partial charge on any atom is 0.151 e. The first-order valence-corrected chi connectivity index (χ1v) is 10.8. The lowest BCUT2D eigenvalue weighted by Crippen LogP contribution is -2.47. The summed E-state index contributed by atoms with van der Waals surface area (Å²) in [4.78, 5) is 2.30. The number of piperidine rings is 1. The van der Waals surface area contributed by atoms with Crippen LogP contribution in [0.15, 0.2) is 36.7 Å². The molecule has 0 saturated carbocycles. The van der Waals surface area contributed by atoms with Gasteiger partial charge < -0.3 is 10.2 Å². The van der Waals surface area contributed by atoms with Gasteiger partial charge in [-0.15, -0.1) is 15.3 Å². The van der Waals surface area contributed by atoms with Crippen LogP contribution in [0.3, 0.4) is 0 Å². The summed E-state index contributed by atoms with van der Waals surface area (Å²) >= 11 is 0. The monoisotopic (exact) mass is 415 g/mol. The predicted octanol–water partition coefficient (Wildman–Crippen LogP) is 2.53. The lowest BCUT2D eigenvalue weighted by Gasteiger charge is -2.36. The van der Waals surface area contributed by atoms with Crippen molar-refractivity contribution in [3.8, 4) is 22.5 Å². The van der Waals surface area contributed by atoms with Crippen molar-refractivity contribution >= 4 is 16.7 Å². The van der Waals surface area contributed by atoms with Crippen molar-refractivity contribution in [3.63, 3.8) is 0 Å². The highest BCUT2D eigenvalue weighted by atomic mass is 15.4. The minimum atomic E-state index is 0.518. The van der Waals surface area contributed by atoms with Crippen LogP contribution < -0.4 is 10.2 Å². The molecular weight excluding hydrogens is 390 g/mol. The number of nitrogens with one attached hydrogen (secondary N) is 2. The first-order valence-electron chi connectivity index (χ1n) is 10.8. The molecular formula is C22H25N9. The van der Waals surface area contributed by atoms with E-state index in [0.717, 1.165) is 39.2 Å². The van der Waals surface area contributed by atoms with Gasteiger partial charge in [0.15, 0.2) is 5.82 Å². The summed E-state index contributed by atoms with van der Waals surface area (Å²) in [6.45, 7) is 0. The average Bonchev–Trinajstić information content (AvgIpc) is 3.53. The van der Waals surface area contributed by atoms with E-state index in [-0.39, 0.29) is 0 Å². The summed E-state index contributed by atoms with van der Waals surface area (Å²) in [5.41, 5.74) is 4.53. The number of nitrogens with zero attached hydrogens (tertiary/aromatic N) is 7. The largest absolute Gasteiger partial charge is 0.355 e. The highest BCUT2D eigenvalue weighted by Crippen LogP contribution is 2.34. The summed E-state index contributed by atoms with van der Waals surface area (Å²) < 4.78 is 1.70. The van der Waals surface area contributed by atoms with E-state index in [9.17, 15) is 0 Å². The van der Waals surface area contributed by atoms with Crippen LogP contribution in [0.5, 0.6) is 0 Å². The molecule has 2 atom stereocenters. The minimum Gasteiger partial charge on any atom is -0.355 e. The molecule has 2 saturated heterocycles.